The van der Waals surface area contributed by atoms with Crippen LogP contribution < -0.4 is 15.2 Å². The normalized spacial score (nSPS) is 17.7. The van der Waals surface area contributed by atoms with Crippen LogP contribution in [0.2, 0.25) is 10.0 Å². The number of benzene rings is 1. The number of hydrazone groups is 1. The number of halogens is 2. The number of hydrogen-bond donors (Lipinski definition) is 1. The van der Waals surface area contributed by atoms with Crippen molar-refractivity contribution in [1.82, 2.24) is 9.97 Å². The summed E-state index contributed by atoms with van der Waals surface area (Å²) in [5, 5.41) is 5.42. The fourth-order valence-corrected chi connectivity index (χ4v) is 3.57. The predicted molar refractivity (Wildman–Crippen MR) is 116 cm³/mol. The fraction of sp³-hybridized carbons (Fsp3) is 0.421. The summed E-state index contributed by atoms with van der Waals surface area (Å²) in [5.74, 6) is 2.14. The zero-order valence-corrected chi connectivity index (χ0v) is 17.4. The van der Waals surface area contributed by atoms with Crippen LogP contribution in [0.3, 0.4) is 0 Å². The van der Waals surface area contributed by atoms with Crippen molar-refractivity contribution in [3.8, 4) is 0 Å². The number of nitrogens with one attached hydrogen (secondary N) is 1. The molecule has 1 aromatic carbocycles. The van der Waals surface area contributed by atoms with Gasteiger partial charge in [-0.05, 0) is 12.1 Å². The van der Waals surface area contributed by atoms with Gasteiger partial charge >= 0.3 is 0 Å². The van der Waals surface area contributed by atoms with Crippen LogP contribution >= 0.6 is 23.2 Å². The van der Waals surface area contributed by atoms with Crippen molar-refractivity contribution in [1.29, 1.82) is 0 Å². The van der Waals surface area contributed by atoms with Crippen molar-refractivity contribution in [2.45, 2.75) is 0 Å². The van der Waals surface area contributed by atoms with Crippen LogP contribution in [0, 0.1) is 0 Å². The summed E-state index contributed by atoms with van der Waals surface area (Å²) >= 11 is 12.1. The molecule has 2 aliphatic rings. The summed E-state index contributed by atoms with van der Waals surface area (Å²) in [4.78, 5) is 13.7. The SMILES string of the molecule is Clc1ccc(/C=N\Nc2cc(N3CCOCC3)nc(N3CCOCC3)n2)c(Cl)c1. The second-order valence-corrected chi connectivity index (χ2v) is 7.49. The molecule has 0 radical (unpaired) electrons. The largest absolute Gasteiger partial charge is 0.378 e. The number of nitrogens with zero attached hydrogens (tertiary/aromatic N) is 5. The van der Waals surface area contributed by atoms with Crippen LogP contribution in [-0.4, -0.2) is 68.8 Å². The molecular formula is C19H22Cl2N6O2. The molecule has 1 aromatic heterocycles. The summed E-state index contributed by atoms with van der Waals surface area (Å²) in [6.45, 7) is 5.82. The Morgan fingerprint density at radius 2 is 1.62 bits per heavy atom. The molecule has 2 fully saturated rings. The summed E-state index contributed by atoms with van der Waals surface area (Å²) < 4.78 is 10.9. The van der Waals surface area contributed by atoms with Gasteiger partial charge in [-0.3, -0.25) is 5.43 Å². The van der Waals surface area contributed by atoms with Crippen molar-refractivity contribution in [3.63, 3.8) is 0 Å². The Morgan fingerprint density at radius 3 is 2.31 bits per heavy atom. The molecule has 1 N–H and O–H groups in total. The molecule has 4 rings (SSSR count). The predicted octanol–water partition coefficient (Wildman–Crippen LogP) is 2.90. The Bertz CT molecular complexity index is 834. The Hall–Kier alpha value is -2.13. The minimum atomic E-state index is 0.536. The van der Waals surface area contributed by atoms with Crippen LogP contribution in [0.25, 0.3) is 0 Å². The minimum Gasteiger partial charge on any atom is -0.378 e. The van der Waals surface area contributed by atoms with Crippen molar-refractivity contribution in [3.05, 3.63) is 39.9 Å². The molecule has 2 aliphatic heterocycles. The third-order valence-electron chi connectivity index (χ3n) is 4.68. The van der Waals surface area contributed by atoms with Gasteiger partial charge in [0.25, 0.3) is 0 Å². The minimum absolute atomic E-state index is 0.536. The zero-order chi connectivity index (χ0) is 20.1. The molecule has 0 atom stereocenters. The van der Waals surface area contributed by atoms with Crippen LogP contribution in [0.15, 0.2) is 29.4 Å². The van der Waals surface area contributed by atoms with Gasteiger partial charge in [0.1, 0.15) is 5.82 Å². The highest BCUT2D eigenvalue weighted by Gasteiger charge is 2.19. The third-order valence-corrected chi connectivity index (χ3v) is 5.24. The van der Waals surface area contributed by atoms with Gasteiger partial charge in [0.05, 0.1) is 37.7 Å². The molecule has 10 heteroatoms. The van der Waals surface area contributed by atoms with E-state index in [1.807, 2.05) is 12.1 Å². The Morgan fingerprint density at radius 1 is 0.931 bits per heavy atom. The van der Waals surface area contributed by atoms with Gasteiger partial charge in [-0.2, -0.15) is 15.1 Å². The van der Waals surface area contributed by atoms with Gasteiger partial charge in [-0.1, -0.05) is 29.3 Å². The molecule has 0 spiro atoms. The van der Waals surface area contributed by atoms with E-state index in [1.54, 1.807) is 18.3 Å². The van der Waals surface area contributed by atoms with Crippen LogP contribution in [0.5, 0.6) is 0 Å². The van der Waals surface area contributed by atoms with Crippen LogP contribution in [0.4, 0.5) is 17.6 Å². The molecule has 154 valence electrons. The zero-order valence-electron chi connectivity index (χ0n) is 15.9. The Balaban J connectivity index is 1.56. The van der Waals surface area contributed by atoms with E-state index in [9.17, 15) is 0 Å². The van der Waals surface area contributed by atoms with Gasteiger partial charge in [0.15, 0.2) is 5.82 Å². The third kappa shape index (κ3) is 5.27. The summed E-state index contributed by atoms with van der Waals surface area (Å²) in [6, 6.07) is 7.17. The lowest BCUT2D eigenvalue weighted by Gasteiger charge is -2.31. The number of morpholine rings is 2. The standard InChI is InChI=1S/C19H22Cl2N6O2/c20-15-2-1-14(16(21)11-15)13-22-25-17-12-18(26-3-7-28-8-4-26)24-19(23-17)27-5-9-29-10-6-27/h1-2,11-13H,3-10H2,(H,23,24,25)/b22-13-. The van der Waals surface area contributed by atoms with Crippen LogP contribution in [-0.2, 0) is 9.47 Å². The van der Waals surface area contributed by atoms with Crippen molar-refractivity contribution < 1.29 is 9.47 Å². The van der Waals surface area contributed by atoms with E-state index in [1.165, 1.54) is 0 Å². The van der Waals surface area contributed by atoms with Gasteiger partial charge < -0.3 is 19.3 Å². The van der Waals surface area contributed by atoms with E-state index in [4.69, 9.17) is 37.7 Å². The molecule has 3 heterocycles. The highest BCUT2D eigenvalue weighted by Crippen LogP contribution is 2.23. The van der Waals surface area contributed by atoms with Gasteiger partial charge in [0.2, 0.25) is 5.95 Å². The first kappa shape index (κ1) is 20.2. The van der Waals surface area contributed by atoms with E-state index in [0.29, 0.717) is 48.2 Å². The molecule has 0 saturated carbocycles. The maximum Gasteiger partial charge on any atom is 0.229 e. The van der Waals surface area contributed by atoms with E-state index >= 15 is 0 Å². The molecule has 2 saturated heterocycles. The van der Waals surface area contributed by atoms with Crippen molar-refractivity contribution in [2.75, 3.05) is 67.8 Å². The monoisotopic (exact) mass is 436 g/mol. The van der Waals surface area contributed by atoms with Crippen molar-refractivity contribution >= 4 is 47.0 Å². The molecule has 2 aromatic rings. The Kier molecular flexibility index (Phi) is 6.66. The van der Waals surface area contributed by atoms with Crippen molar-refractivity contribution in [2.24, 2.45) is 5.10 Å². The smallest absolute Gasteiger partial charge is 0.229 e. The molecule has 0 aliphatic carbocycles. The molecule has 0 bridgehead atoms. The maximum absolute atomic E-state index is 6.20. The first-order valence-corrected chi connectivity index (χ1v) is 10.2. The summed E-state index contributed by atoms with van der Waals surface area (Å²) in [5.41, 5.74) is 3.77. The highest BCUT2D eigenvalue weighted by atomic mass is 35.5. The maximum atomic E-state index is 6.20. The van der Waals surface area contributed by atoms with Gasteiger partial charge in [-0.15, -0.1) is 0 Å². The molecule has 29 heavy (non-hydrogen) atoms. The lowest BCUT2D eigenvalue weighted by Crippen LogP contribution is -2.39. The quantitative estimate of drug-likeness (QED) is 0.570. The number of ether oxygens (including phenoxy) is 2. The topological polar surface area (TPSA) is 75.1 Å². The molecule has 0 amide bonds. The average molecular weight is 437 g/mol. The van der Waals surface area contributed by atoms with E-state index in [-0.39, 0.29) is 0 Å². The second kappa shape index (κ2) is 9.58. The average Bonchev–Trinajstić information content (AvgIpc) is 2.76. The Labute approximate surface area is 179 Å². The van der Waals surface area contributed by atoms with E-state index < -0.39 is 0 Å². The van der Waals surface area contributed by atoms with Gasteiger partial charge in [0, 0.05) is 42.8 Å². The lowest BCUT2D eigenvalue weighted by molar-refractivity contribution is 0.121. The number of anilines is 3. The summed E-state index contributed by atoms with van der Waals surface area (Å²) in [7, 11) is 0. The molecule has 0 unspecified atom stereocenters. The lowest BCUT2D eigenvalue weighted by atomic mass is 10.2. The van der Waals surface area contributed by atoms with Crippen LogP contribution in [0.1, 0.15) is 5.56 Å². The number of rotatable bonds is 5. The van der Waals surface area contributed by atoms with E-state index in [2.05, 4.69) is 25.3 Å². The van der Waals surface area contributed by atoms with E-state index in [0.717, 1.165) is 37.6 Å². The molecular weight excluding hydrogens is 415 g/mol. The highest BCUT2D eigenvalue weighted by molar-refractivity contribution is 6.36. The number of hydrogen-bond acceptors (Lipinski definition) is 8. The summed E-state index contributed by atoms with van der Waals surface area (Å²) in [6.07, 6.45) is 1.64. The number of aromatic nitrogens is 2. The first-order valence-electron chi connectivity index (χ1n) is 9.48. The second-order valence-electron chi connectivity index (χ2n) is 6.65. The fourth-order valence-electron chi connectivity index (χ4n) is 3.11. The van der Waals surface area contributed by atoms with Gasteiger partial charge in [-0.25, -0.2) is 0 Å². The molecule has 8 nitrogen and oxygen atoms in total. The first-order chi connectivity index (χ1) is 14.2.